The quantitative estimate of drug-likeness (QED) is 0.875. The van der Waals surface area contributed by atoms with Gasteiger partial charge < -0.3 is 10.5 Å². The highest BCUT2D eigenvalue weighted by atomic mass is 79.9. The fourth-order valence-corrected chi connectivity index (χ4v) is 3.86. The van der Waals surface area contributed by atoms with E-state index in [-0.39, 0.29) is 5.41 Å². The van der Waals surface area contributed by atoms with Crippen molar-refractivity contribution in [1.29, 1.82) is 0 Å². The second kappa shape index (κ2) is 6.07. The zero-order valence-electron chi connectivity index (χ0n) is 12.0. The lowest BCUT2D eigenvalue weighted by Gasteiger charge is -2.39. The van der Waals surface area contributed by atoms with Crippen molar-refractivity contribution in [1.82, 2.24) is 0 Å². The summed E-state index contributed by atoms with van der Waals surface area (Å²) < 4.78 is 7.37. The van der Waals surface area contributed by atoms with Gasteiger partial charge in [0.2, 0.25) is 0 Å². The van der Waals surface area contributed by atoms with Crippen molar-refractivity contribution >= 4 is 15.9 Å². The summed E-state index contributed by atoms with van der Waals surface area (Å²) in [7, 11) is 0. The topological polar surface area (TPSA) is 35.2 Å². The van der Waals surface area contributed by atoms with Crippen molar-refractivity contribution in [2.24, 2.45) is 5.73 Å². The highest BCUT2D eigenvalue weighted by molar-refractivity contribution is 9.10. The molecule has 0 radical (unpaired) electrons. The Labute approximate surface area is 130 Å². The first-order valence-electron chi connectivity index (χ1n) is 7.90. The van der Waals surface area contributed by atoms with Crippen LogP contribution in [0.4, 0.5) is 0 Å². The van der Waals surface area contributed by atoms with Gasteiger partial charge in [-0.25, -0.2) is 0 Å². The monoisotopic (exact) mass is 337 g/mol. The van der Waals surface area contributed by atoms with Crippen LogP contribution in [-0.2, 0) is 5.41 Å². The first-order chi connectivity index (χ1) is 9.73. The van der Waals surface area contributed by atoms with E-state index in [9.17, 15) is 0 Å². The van der Waals surface area contributed by atoms with E-state index in [0.29, 0.717) is 6.10 Å². The van der Waals surface area contributed by atoms with E-state index in [1.54, 1.807) is 0 Å². The molecule has 0 atom stereocenters. The predicted molar refractivity (Wildman–Crippen MR) is 86.2 cm³/mol. The Hall–Kier alpha value is -0.540. The third kappa shape index (κ3) is 2.75. The molecular weight excluding hydrogens is 314 g/mol. The molecule has 2 N–H and O–H groups in total. The van der Waals surface area contributed by atoms with Crippen molar-refractivity contribution < 1.29 is 4.74 Å². The normalized spacial score (nSPS) is 22.3. The molecule has 0 spiro atoms. The standard InChI is InChI=1S/C17H24BrNO/c18-13-7-8-16(20-14-5-4-6-14)15(11-13)17(12-19)9-2-1-3-10-17/h7-8,11,14H,1-6,9-10,12,19H2. The zero-order chi connectivity index (χ0) is 14.0. The maximum atomic E-state index is 6.24. The van der Waals surface area contributed by atoms with Crippen LogP contribution in [0.25, 0.3) is 0 Å². The SMILES string of the molecule is NCC1(c2cc(Br)ccc2OC2CCC2)CCCCC1. The number of halogens is 1. The summed E-state index contributed by atoms with van der Waals surface area (Å²) >= 11 is 3.62. The van der Waals surface area contributed by atoms with E-state index >= 15 is 0 Å². The molecule has 2 aliphatic carbocycles. The Kier molecular flexibility index (Phi) is 4.37. The fraction of sp³-hybridized carbons (Fsp3) is 0.647. The third-order valence-corrected chi connectivity index (χ3v) is 5.55. The molecular formula is C17H24BrNO. The van der Waals surface area contributed by atoms with Gasteiger partial charge in [0.05, 0.1) is 6.10 Å². The lowest BCUT2D eigenvalue weighted by Crippen LogP contribution is -2.38. The van der Waals surface area contributed by atoms with Crippen LogP contribution in [0.2, 0.25) is 0 Å². The van der Waals surface area contributed by atoms with E-state index in [2.05, 4.69) is 34.1 Å². The Morgan fingerprint density at radius 1 is 1.15 bits per heavy atom. The molecule has 20 heavy (non-hydrogen) atoms. The first-order valence-corrected chi connectivity index (χ1v) is 8.70. The van der Waals surface area contributed by atoms with Crippen LogP contribution in [0.15, 0.2) is 22.7 Å². The highest BCUT2D eigenvalue weighted by Crippen LogP contribution is 2.44. The van der Waals surface area contributed by atoms with E-state index in [1.165, 1.54) is 56.9 Å². The molecule has 3 heteroatoms. The number of rotatable bonds is 4. The van der Waals surface area contributed by atoms with Gasteiger partial charge >= 0.3 is 0 Å². The molecule has 0 heterocycles. The van der Waals surface area contributed by atoms with Gasteiger partial charge in [0.25, 0.3) is 0 Å². The minimum Gasteiger partial charge on any atom is -0.490 e. The molecule has 2 nitrogen and oxygen atoms in total. The molecule has 1 aromatic carbocycles. The number of hydrogen-bond donors (Lipinski definition) is 1. The lowest BCUT2D eigenvalue weighted by molar-refractivity contribution is 0.115. The fourth-order valence-electron chi connectivity index (χ4n) is 3.50. The molecule has 0 unspecified atom stereocenters. The van der Waals surface area contributed by atoms with E-state index in [4.69, 9.17) is 10.5 Å². The van der Waals surface area contributed by atoms with Crippen molar-refractivity contribution in [3.05, 3.63) is 28.2 Å². The lowest BCUT2D eigenvalue weighted by atomic mass is 9.69. The smallest absolute Gasteiger partial charge is 0.123 e. The van der Waals surface area contributed by atoms with Crippen LogP contribution < -0.4 is 10.5 Å². The Morgan fingerprint density at radius 3 is 2.50 bits per heavy atom. The predicted octanol–water partition coefficient (Wildman–Crippen LogP) is 4.54. The van der Waals surface area contributed by atoms with Crippen LogP contribution in [-0.4, -0.2) is 12.6 Å². The van der Waals surface area contributed by atoms with Gasteiger partial charge in [0, 0.05) is 22.0 Å². The summed E-state index contributed by atoms with van der Waals surface area (Å²) in [4.78, 5) is 0. The Morgan fingerprint density at radius 2 is 1.90 bits per heavy atom. The number of benzene rings is 1. The van der Waals surface area contributed by atoms with E-state index < -0.39 is 0 Å². The van der Waals surface area contributed by atoms with Gasteiger partial charge in [-0.1, -0.05) is 35.2 Å². The second-order valence-electron chi connectivity index (χ2n) is 6.36. The van der Waals surface area contributed by atoms with Gasteiger partial charge in [-0.2, -0.15) is 0 Å². The van der Waals surface area contributed by atoms with Crippen LogP contribution in [0.1, 0.15) is 56.9 Å². The third-order valence-electron chi connectivity index (χ3n) is 5.06. The van der Waals surface area contributed by atoms with Crippen LogP contribution in [0.3, 0.4) is 0 Å². The molecule has 2 aliphatic rings. The van der Waals surface area contributed by atoms with Crippen molar-refractivity contribution in [2.75, 3.05) is 6.54 Å². The van der Waals surface area contributed by atoms with Gasteiger partial charge in [-0.05, 0) is 50.3 Å². The van der Waals surface area contributed by atoms with Crippen LogP contribution in [0.5, 0.6) is 5.75 Å². The van der Waals surface area contributed by atoms with Crippen LogP contribution in [0, 0.1) is 0 Å². The maximum absolute atomic E-state index is 6.24. The maximum Gasteiger partial charge on any atom is 0.123 e. The van der Waals surface area contributed by atoms with Gasteiger partial charge in [-0.15, -0.1) is 0 Å². The largest absolute Gasteiger partial charge is 0.490 e. The van der Waals surface area contributed by atoms with E-state index in [0.717, 1.165) is 16.8 Å². The van der Waals surface area contributed by atoms with Crippen molar-refractivity contribution in [3.63, 3.8) is 0 Å². The number of nitrogens with two attached hydrogens (primary N) is 1. The van der Waals surface area contributed by atoms with E-state index in [1.807, 2.05) is 0 Å². The van der Waals surface area contributed by atoms with Crippen molar-refractivity contribution in [3.8, 4) is 5.75 Å². The number of hydrogen-bond acceptors (Lipinski definition) is 2. The summed E-state index contributed by atoms with van der Waals surface area (Å²) in [6.07, 6.45) is 10.4. The van der Waals surface area contributed by atoms with Crippen molar-refractivity contribution in [2.45, 2.75) is 62.9 Å². The molecule has 1 aromatic rings. The zero-order valence-corrected chi connectivity index (χ0v) is 13.6. The average molecular weight is 338 g/mol. The molecule has 0 bridgehead atoms. The molecule has 0 amide bonds. The minimum absolute atomic E-state index is 0.126. The molecule has 0 saturated heterocycles. The summed E-state index contributed by atoms with van der Waals surface area (Å²) in [6, 6.07) is 6.46. The molecule has 2 saturated carbocycles. The molecule has 0 aliphatic heterocycles. The van der Waals surface area contributed by atoms with Gasteiger partial charge in [-0.3, -0.25) is 0 Å². The molecule has 3 rings (SSSR count). The minimum atomic E-state index is 0.126. The molecule has 2 fully saturated rings. The summed E-state index contributed by atoms with van der Waals surface area (Å²) in [5.41, 5.74) is 7.66. The Bertz CT molecular complexity index is 464. The summed E-state index contributed by atoms with van der Waals surface area (Å²) in [5.74, 6) is 1.07. The highest BCUT2D eigenvalue weighted by Gasteiger charge is 2.36. The van der Waals surface area contributed by atoms with Gasteiger partial charge in [0.15, 0.2) is 0 Å². The average Bonchev–Trinajstić information content (AvgIpc) is 2.44. The Balaban J connectivity index is 1.93. The summed E-state index contributed by atoms with van der Waals surface area (Å²) in [5, 5.41) is 0. The first kappa shape index (κ1) is 14.4. The summed E-state index contributed by atoms with van der Waals surface area (Å²) in [6.45, 7) is 0.727. The number of ether oxygens (including phenoxy) is 1. The molecule has 0 aromatic heterocycles. The molecule has 110 valence electrons. The van der Waals surface area contributed by atoms with Crippen LogP contribution >= 0.6 is 15.9 Å². The second-order valence-corrected chi connectivity index (χ2v) is 7.27. The van der Waals surface area contributed by atoms with Gasteiger partial charge in [0.1, 0.15) is 5.75 Å².